The first-order valence-electron chi connectivity index (χ1n) is 5.86. The van der Waals surface area contributed by atoms with E-state index in [0.717, 1.165) is 21.7 Å². The number of hydrogen-bond acceptors (Lipinski definition) is 3. The predicted octanol–water partition coefficient (Wildman–Crippen LogP) is 3.85. The average molecular weight is 307 g/mol. The average Bonchev–Trinajstić information content (AvgIpc) is 2.38. The molecule has 0 aliphatic heterocycles. The van der Waals surface area contributed by atoms with E-state index in [2.05, 4.69) is 26.2 Å². The largest absolute Gasteiger partial charge is 0.494 e. The molecule has 2 rings (SSSR count). The van der Waals surface area contributed by atoms with Gasteiger partial charge in [-0.1, -0.05) is 6.07 Å². The molecule has 0 amide bonds. The Labute approximate surface area is 115 Å². The summed E-state index contributed by atoms with van der Waals surface area (Å²) < 4.78 is 6.25. The van der Waals surface area contributed by atoms with Gasteiger partial charge in [0.25, 0.3) is 0 Å². The lowest BCUT2D eigenvalue weighted by Crippen LogP contribution is -2.01. The Morgan fingerprint density at radius 1 is 1.17 bits per heavy atom. The van der Waals surface area contributed by atoms with E-state index < -0.39 is 0 Å². The van der Waals surface area contributed by atoms with Crippen molar-refractivity contribution >= 4 is 21.6 Å². The minimum absolute atomic E-state index is 0.689. The molecule has 0 bridgehead atoms. The Balaban J connectivity index is 1.93. The van der Waals surface area contributed by atoms with Crippen molar-refractivity contribution in [1.82, 2.24) is 4.98 Å². The van der Waals surface area contributed by atoms with Crippen LogP contribution in [0.25, 0.3) is 0 Å². The summed E-state index contributed by atoms with van der Waals surface area (Å²) in [5.74, 6) is 0.892. The van der Waals surface area contributed by atoms with Gasteiger partial charge in [0.15, 0.2) is 0 Å². The van der Waals surface area contributed by atoms with Crippen molar-refractivity contribution in [2.75, 3.05) is 11.9 Å². The van der Waals surface area contributed by atoms with Crippen LogP contribution >= 0.6 is 15.9 Å². The van der Waals surface area contributed by atoms with Gasteiger partial charge in [-0.05, 0) is 59.3 Å². The van der Waals surface area contributed by atoms with Crippen LogP contribution in [-0.4, -0.2) is 11.6 Å². The van der Waals surface area contributed by atoms with Crippen LogP contribution in [0.4, 0.5) is 5.69 Å². The first-order valence-corrected chi connectivity index (χ1v) is 6.65. The van der Waals surface area contributed by atoms with Crippen LogP contribution in [0, 0.1) is 0 Å². The van der Waals surface area contributed by atoms with Crippen LogP contribution in [-0.2, 0) is 6.54 Å². The van der Waals surface area contributed by atoms with E-state index in [1.54, 1.807) is 0 Å². The number of aromatic nitrogens is 1. The topological polar surface area (TPSA) is 34.1 Å². The second-order valence-electron chi connectivity index (χ2n) is 3.76. The van der Waals surface area contributed by atoms with E-state index in [-0.39, 0.29) is 0 Å². The normalized spacial score (nSPS) is 10.1. The van der Waals surface area contributed by atoms with Crippen LogP contribution in [0.5, 0.6) is 5.75 Å². The van der Waals surface area contributed by atoms with Crippen LogP contribution in [0.15, 0.2) is 47.1 Å². The smallest absolute Gasteiger partial charge is 0.119 e. The Morgan fingerprint density at radius 2 is 1.94 bits per heavy atom. The molecule has 0 unspecified atom stereocenters. The molecule has 1 aromatic heterocycles. The first kappa shape index (κ1) is 12.9. The van der Waals surface area contributed by atoms with Gasteiger partial charge in [-0.25, -0.2) is 4.98 Å². The minimum Gasteiger partial charge on any atom is -0.494 e. The van der Waals surface area contributed by atoms with Gasteiger partial charge in [0.05, 0.1) is 18.8 Å². The summed E-state index contributed by atoms with van der Waals surface area (Å²) in [6.07, 6.45) is 0. The van der Waals surface area contributed by atoms with Crippen molar-refractivity contribution in [2.24, 2.45) is 0 Å². The summed E-state index contributed by atoms with van der Waals surface area (Å²) >= 11 is 3.36. The summed E-state index contributed by atoms with van der Waals surface area (Å²) in [4.78, 5) is 4.36. The maximum atomic E-state index is 5.39. The zero-order valence-electron chi connectivity index (χ0n) is 10.2. The highest BCUT2D eigenvalue weighted by atomic mass is 79.9. The van der Waals surface area contributed by atoms with Gasteiger partial charge in [0.2, 0.25) is 0 Å². The van der Waals surface area contributed by atoms with Crippen molar-refractivity contribution < 1.29 is 4.74 Å². The van der Waals surface area contributed by atoms with Crippen molar-refractivity contribution in [1.29, 1.82) is 0 Å². The van der Waals surface area contributed by atoms with Crippen molar-refractivity contribution in [2.45, 2.75) is 13.5 Å². The highest BCUT2D eigenvalue weighted by Gasteiger charge is 1.97. The van der Waals surface area contributed by atoms with Crippen LogP contribution in [0.1, 0.15) is 12.6 Å². The molecule has 0 aliphatic carbocycles. The molecule has 0 saturated heterocycles. The lowest BCUT2D eigenvalue weighted by molar-refractivity contribution is 0.340. The SMILES string of the molecule is CCOc1ccc(NCc2cccc(Br)n2)cc1. The fourth-order valence-corrected chi connectivity index (χ4v) is 1.96. The summed E-state index contributed by atoms with van der Waals surface area (Å²) in [5.41, 5.74) is 2.05. The number of ether oxygens (including phenoxy) is 1. The monoisotopic (exact) mass is 306 g/mol. The standard InChI is InChI=1S/C14H15BrN2O/c1-2-18-13-8-6-11(7-9-13)16-10-12-4-3-5-14(15)17-12/h3-9,16H,2,10H2,1H3. The molecule has 2 aromatic rings. The molecule has 1 N–H and O–H groups in total. The van der Waals surface area contributed by atoms with E-state index >= 15 is 0 Å². The van der Waals surface area contributed by atoms with E-state index in [1.807, 2.05) is 49.4 Å². The molecule has 1 aromatic carbocycles. The van der Waals surface area contributed by atoms with Crippen LogP contribution in [0.2, 0.25) is 0 Å². The zero-order chi connectivity index (χ0) is 12.8. The number of nitrogens with one attached hydrogen (secondary N) is 1. The third kappa shape index (κ3) is 3.74. The van der Waals surface area contributed by atoms with E-state index in [9.17, 15) is 0 Å². The third-order valence-corrected chi connectivity index (χ3v) is 2.85. The number of halogens is 1. The van der Waals surface area contributed by atoms with E-state index in [0.29, 0.717) is 13.2 Å². The first-order chi connectivity index (χ1) is 8.78. The Kier molecular flexibility index (Phi) is 4.59. The van der Waals surface area contributed by atoms with Gasteiger partial charge in [0.1, 0.15) is 10.4 Å². The zero-order valence-corrected chi connectivity index (χ0v) is 11.8. The predicted molar refractivity (Wildman–Crippen MR) is 76.9 cm³/mol. The second kappa shape index (κ2) is 6.40. The summed E-state index contributed by atoms with van der Waals surface area (Å²) in [6, 6.07) is 13.8. The lowest BCUT2D eigenvalue weighted by Gasteiger charge is -2.07. The van der Waals surface area contributed by atoms with Crippen LogP contribution < -0.4 is 10.1 Å². The number of rotatable bonds is 5. The van der Waals surface area contributed by atoms with E-state index in [1.165, 1.54) is 0 Å². The van der Waals surface area contributed by atoms with Crippen molar-refractivity contribution in [3.63, 3.8) is 0 Å². The highest BCUT2D eigenvalue weighted by Crippen LogP contribution is 2.16. The van der Waals surface area contributed by atoms with Gasteiger partial charge in [-0.15, -0.1) is 0 Å². The molecule has 3 nitrogen and oxygen atoms in total. The maximum absolute atomic E-state index is 5.39. The molecule has 1 heterocycles. The van der Waals surface area contributed by atoms with Crippen molar-refractivity contribution in [3.8, 4) is 5.75 Å². The highest BCUT2D eigenvalue weighted by molar-refractivity contribution is 9.10. The Hall–Kier alpha value is -1.55. The van der Waals surface area contributed by atoms with Gasteiger partial charge < -0.3 is 10.1 Å². The molecule has 0 aliphatic rings. The lowest BCUT2D eigenvalue weighted by atomic mass is 10.3. The molecule has 0 fully saturated rings. The Bertz CT molecular complexity index is 499. The van der Waals surface area contributed by atoms with Gasteiger partial charge >= 0.3 is 0 Å². The summed E-state index contributed by atoms with van der Waals surface area (Å²) in [7, 11) is 0. The molecular weight excluding hydrogens is 292 g/mol. The third-order valence-electron chi connectivity index (χ3n) is 2.41. The molecule has 0 radical (unpaired) electrons. The Morgan fingerprint density at radius 3 is 2.61 bits per heavy atom. The molecule has 4 heteroatoms. The number of benzene rings is 1. The van der Waals surface area contributed by atoms with Gasteiger partial charge in [0, 0.05) is 5.69 Å². The second-order valence-corrected chi connectivity index (χ2v) is 4.58. The van der Waals surface area contributed by atoms with E-state index in [4.69, 9.17) is 4.74 Å². The maximum Gasteiger partial charge on any atom is 0.119 e. The molecule has 94 valence electrons. The number of pyridine rings is 1. The van der Waals surface area contributed by atoms with Crippen molar-refractivity contribution in [3.05, 3.63) is 52.8 Å². The quantitative estimate of drug-likeness (QED) is 0.852. The minimum atomic E-state index is 0.689. The summed E-state index contributed by atoms with van der Waals surface area (Å²) in [5, 5.41) is 3.32. The van der Waals surface area contributed by atoms with Gasteiger partial charge in [-0.3, -0.25) is 0 Å². The molecule has 18 heavy (non-hydrogen) atoms. The number of nitrogens with zero attached hydrogens (tertiary/aromatic N) is 1. The fourth-order valence-electron chi connectivity index (χ4n) is 1.58. The van der Waals surface area contributed by atoms with Gasteiger partial charge in [-0.2, -0.15) is 0 Å². The summed E-state index contributed by atoms with van der Waals surface area (Å²) in [6.45, 7) is 3.37. The molecular formula is C14H15BrN2O. The molecule has 0 spiro atoms. The molecule has 0 saturated carbocycles. The molecule has 0 atom stereocenters. The number of anilines is 1. The fraction of sp³-hybridized carbons (Fsp3) is 0.214. The number of hydrogen-bond donors (Lipinski definition) is 1. The van der Waals surface area contributed by atoms with Crippen LogP contribution in [0.3, 0.4) is 0 Å².